The molecule has 30 heavy (non-hydrogen) atoms. The molecule has 3 rings (SSSR count). The van der Waals surface area contributed by atoms with Crippen molar-refractivity contribution in [1.29, 1.82) is 0 Å². The predicted octanol–water partition coefficient (Wildman–Crippen LogP) is 1.05. The summed E-state index contributed by atoms with van der Waals surface area (Å²) in [5.74, 6) is -0.805. The van der Waals surface area contributed by atoms with Crippen LogP contribution in [0.3, 0.4) is 0 Å². The van der Waals surface area contributed by atoms with Gasteiger partial charge in [-0.1, -0.05) is 30.3 Å². The first-order valence-electron chi connectivity index (χ1n) is 10.5. The van der Waals surface area contributed by atoms with Gasteiger partial charge in [-0.25, -0.2) is 0 Å². The summed E-state index contributed by atoms with van der Waals surface area (Å²) in [4.78, 5) is 54.1. The molecule has 3 amide bonds. The molecular weight excluding hydrogens is 386 g/mol. The lowest BCUT2D eigenvalue weighted by Crippen LogP contribution is -2.52. The lowest BCUT2D eigenvalue weighted by atomic mass is 10.1. The van der Waals surface area contributed by atoms with Crippen LogP contribution in [0.25, 0.3) is 0 Å². The van der Waals surface area contributed by atoms with Gasteiger partial charge >= 0.3 is 5.97 Å². The lowest BCUT2D eigenvalue weighted by molar-refractivity contribution is -0.146. The average molecular weight is 415 g/mol. The molecule has 1 aromatic rings. The third-order valence-corrected chi connectivity index (χ3v) is 5.57. The summed E-state index contributed by atoms with van der Waals surface area (Å²) in [5.41, 5.74) is 1.05. The number of carbonyl (C=O) groups excluding carboxylic acids is 4. The van der Waals surface area contributed by atoms with E-state index in [9.17, 15) is 19.2 Å². The molecule has 0 aliphatic carbocycles. The fourth-order valence-electron chi connectivity index (χ4n) is 3.93. The number of hydrogen-bond donors (Lipinski definition) is 0. The van der Waals surface area contributed by atoms with E-state index in [4.69, 9.17) is 4.74 Å². The molecule has 2 aliphatic heterocycles. The molecule has 1 atom stereocenters. The minimum Gasteiger partial charge on any atom is -0.466 e. The zero-order chi connectivity index (χ0) is 21.5. The Hall–Kier alpha value is -2.90. The van der Waals surface area contributed by atoms with Gasteiger partial charge in [-0.05, 0) is 12.5 Å². The Bertz CT molecular complexity index is 774. The molecule has 8 heteroatoms. The molecule has 2 heterocycles. The second kappa shape index (κ2) is 10.2. The number of esters is 1. The maximum Gasteiger partial charge on any atom is 0.306 e. The van der Waals surface area contributed by atoms with Crippen molar-refractivity contribution in [3.63, 3.8) is 0 Å². The number of carbonyl (C=O) groups is 4. The van der Waals surface area contributed by atoms with E-state index >= 15 is 0 Å². The van der Waals surface area contributed by atoms with Gasteiger partial charge in [-0.3, -0.25) is 19.2 Å². The second-order valence-electron chi connectivity index (χ2n) is 7.67. The Morgan fingerprint density at radius 2 is 1.67 bits per heavy atom. The monoisotopic (exact) mass is 415 g/mol. The van der Waals surface area contributed by atoms with Crippen LogP contribution in [0.1, 0.15) is 31.7 Å². The number of likely N-dealkylation sites (tertiary alicyclic amines) is 1. The van der Waals surface area contributed by atoms with Gasteiger partial charge in [0.1, 0.15) is 0 Å². The molecule has 1 aromatic carbocycles. The van der Waals surface area contributed by atoms with Crippen molar-refractivity contribution in [1.82, 2.24) is 14.7 Å². The first-order chi connectivity index (χ1) is 14.5. The fourth-order valence-corrected chi connectivity index (χ4v) is 3.93. The minimum absolute atomic E-state index is 0.00461. The standard InChI is InChI=1S/C22H29N3O5/c1-2-30-21(28)9-8-19(26)23-10-12-24(13-11-23)22(29)18-14-20(27)25(16-18)15-17-6-4-3-5-7-17/h3-7,18H,2,8-16H2,1H3. The molecule has 8 nitrogen and oxygen atoms in total. The van der Waals surface area contributed by atoms with Crippen LogP contribution in [-0.2, 0) is 30.5 Å². The van der Waals surface area contributed by atoms with E-state index in [0.717, 1.165) is 5.56 Å². The van der Waals surface area contributed by atoms with Crippen LogP contribution >= 0.6 is 0 Å². The highest BCUT2D eigenvalue weighted by Crippen LogP contribution is 2.23. The molecule has 2 saturated heterocycles. The summed E-state index contributed by atoms with van der Waals surface area (Å²) in [7, 11) is 0. The van der Waals surface area contributed by atoms with Crippen LogP contribution in [0.15, 0.2) is 30.3 Å². The number of nitrogens with zero attached hydrogens (tertiary/aromatic N) is 3. The van der Waals surface area contributed by atoms with Crippen molar-refractivity contribution < 1.29 is 23.9 Å². The van der Waals surface area contributed by atoms with E-state index in [1.807, 2.05) is 30.3 Å². The smallest absolute Gasteiger partial charge is 0.306 e. The summed E-state index contributed by atoms with van der Waals surface area (Å²) < 4.78 is 4.85. The number of piperazine rings is 1. The highest BCUT2D eigenvalue weighted by Gasteiger charge is 2.37. The Labute approximate surface area is 176 Å². The topological polar surface area (TPSA) is 87.2 Å². The Kier molecular flexibility index (Phi) is 7.43. The summed E-state index contributed by atoms with van der Waals surface area (Å²) in [6, 6.07) is 9.75. The van der Waals surface area contributed by atoms with Crippen LogP contribution in [-0.4, -0.2) is 77.7 Å². The Balaban J connectivity index is 1.44. The maximum absolute atomic E-state index is 12.9. The molecule has 162 valence electrons. The summed E-state index contributed by atoms with van der Waals surface area (Å²) in [6.07, 6.45) is 0.440. The van der Waals surface area contributed by atoms with Crippen LogP contribution in [0.5, 0.6) is 0 Å². The molecular formula is C22H29N3O5. The second-order valence-corrected chi connectivity index (χ2v) is 7.67. The number of amides is 3. The van der Waals surface area contributed by atoms with Crippen LogP contribution in [0, 0.1) is 5.92 Å². The third kappa shape index (κ3) is 5.58. The normalized spacial score (nSPS) is 19.2. The van der Waals surface area contributed by atoms with Gasteiger partial charge in [-0.2, -0.15) is 0 Å². The van der Waals surface area contributed by atoms with Gasteiger partial charge in [0.05, 0.1) is 18.9 Å². The molecule has 0 saturated carbocycles. The molecule has 2 fully saturated rings. The predicted molar refractivity (Wildman–Crippen MR) is 109 cm³/mol. The van der Waals surface area contributed by atoms with Gasteiger partial charge in [0.25, 0.3) is 0 Å². The van der Waals surface area contributed by atoms with Crippen molar-refractivity contribution in [2.24, 2.45) is 5.92 Å². The van der Waals surface area contributed by atoms with Gasteiger partial charge < -0.3 is 19.4 Å². The van der Waals surface area contributed by atoms with Gasteiger partial charge in [0, 0.05) is 52.1 Å². The van der Waals surface area contributed by atoms with Crippen molar-refractivity contribution in [3.05, 3.63) is 35.9 Å². The summed E-state index contributed by atoms with van der Waals surface area (Å²) >= 11 is 0. The Morgan fingerprint density at radius 3 is 2.33 bits per heavy atom. The third-order valence-electron chi connectivity index (χ3n) is 5.57. The molecule has 0 aromatic heterocycles. The van der Waals surface area contributed by atoms with Crippen LogP contribution in [0.4, 0.5) is 0 Å². The first kappa shape index (κ1) is 21.8. The van der Waals surface area contributed by atoms with E-state index in [2.05, 4.69) is 0 Å². The molecule has 0 N–H and O–H groups in total. The molecule has 2 aliphatic rings. The highest BCUT2D eigenvalue weighted by atomic mass is 16.5. The Morgan fingerprint density at radius 1 is 1.00 bits per heavy atom. The summed E-state index contributed by atoms with van der Waals surface area (Å²) in [6.45, 7) is 4.79. The van der Waals surface area contributed by atoms with E-state index < -0.39 is 0 Å². The molecule has 0 bridgehead atoms. The zero-order valence-corrected chi connectivity index (χ0v) is 17.4. The fraction of sp³-hybridized carbons (Fsp3) is 0.545. The van der Waals surface area contributed by atoms with Gasteiger partial charge in [-0.15, -0.1) is 0 Å². The molecule has 0 radical (unpaired) electrons. The lowest BCUT2D eigenvalue weighted by Gasteiger charge is -2.36. The van der Waals surface area contributed by atoms with E-state index in [-0.39, 0.29) is 48.9 Å². The van der Waals surface area contributed by atoms with Crippen LogP contribution in [0.2, 0.25) is 0 Å². The quantitative estimate of drug-likeness (QED) is 0.622. The largest absolute Gasteiger partial charge is 0.466 e. The van der Waals surface area contributed by atoms with Crippen LogP contribution < -0.4 is 0 Å². The maximum atomic E-state index is 12.9. The number of ether oxygens (including phenoxy) is 1. The number of hydrogen-bond acceptors (Lipinski definition) is 5. The van der Waals surface area contributed by atoms with Crippen molar-refractivity contribution in [2.75, 3.05) is 39.3 Å². The van der Waals surface area contributed by atoms with Crippen molar-refractivity contribution >= 4 is 23.7 Å². The first-order valence-corrected chi connectivity index (χ1v) is 10.5. The van der Waals surface area contributed by atoms with E-state index in [1.165, 1.54) is 0 Å². The molecule has 1 unspecified atom stereocenters. The average Bonchev–Trinajstić information content (AvgIpc) is 3.12. The van der Waals surface area contributed by atoms with Crippen molar-refractivity contribution in [2.45, 2.75) is 32.7 Å². The highest BCUT2D eigenvalue weighted by molar-refractivity contribution is 5.89. The van der Waals surface area contributed by atoms with E-state index in [1.54, 1.807) is 21.6 Å². The van der Waals surface area contributed by atoms with Gasteiger partial charge in [0.2, 0.25) is 17.7 Å². The number of rotatable bonds is 7. The summed E-state index contributed by atoms with van der Waals surface area (Å²) in [5, 5.41) is 0. The molecule has 0 spiro atoms. The SMILES string of the molecule is CCOC(=O)CCC(=O)N1CCN(C(=O)C2CC(=O)N(Cc3ccccc3)C2)CC1. The minimum atomic E-state index is -0.370. The van der Waals surface area contributed by atoms with Crippen molar-refractivity contribution in [3.8, 4) is 0 Å². The number of benzene rings is 1. The zero-order valence-electron chi connectivity index (χ0n) is 17.4. The van der Waals surface area contributed by atoms with Gasteiger partial charge in [0.15, 0.2) is 0 Å². The van der Waals surface area contributed by atoms with E-state index in [0.29, 0.717) is 45.9 Å².